The Hall–Kier alpha value is -3.46. The molecule has 0 radical (unpaired) electrons. The first-order valence-corrected chi connectivity index (χ1v) is 8.08. The van der Waals surface area contributed by atoms with Gasteiger partial charge in [-0.1, -0.05) is 36.4 Å². The van der Waals surface area contributed by atoms with Crippen molar-refractivity contribution in [2.75, 3.05) is 0 Å². The van der Waals surface area contributed by atoms with E-state index in [0.717, 1.165) is 33.9 Å². The molecule has 0 aliphatic heterocycles. The summed E-state index contributed by atoms with van der Waals surface area (Å²) in [5.41, 5.74) is 4.18. The molecule has 0 aliphatic carbocycles. The van der Waals surface area contributed by atoms with Gasteiger partial charge in [0.2, 0.25) is 0 Å². The van der Waals surface area contributed by atoms with Crippen LogP contribution in [0.2, 0.25) is 0 Å². The van der Waals surface area contributed by atoms with Gasteiger partial charge >= 0.3 is 0 Å². The van der Waals surface area contributed by atoms with Crippen molar-refractivity contribution in [3.8, 4) is 33.9 Å². The van der Waals surface area contributed by atoms with Crippen molar-refractivity contribution in [1.82, 2.24) is 9.97 Å². The summed E-state index contributed by atoms with van der Waals surface area (Å²) in [5.74, 6) is 1.65. The molecule has 0 aliphatic rings. The number of ether oxygens (including phenoxy) is 1. The molecular weight excluding hydrogens is 308 g/mol. The molecule has 0 N–H and O–H groups in total. The lowest BCUT2D eigenvalue weighted by Crippen LogP contribution is -1.86. The summed E-state index contributed by atoms with van der Waals surface area (Å²) in [6, 6.07) is 25.8. The highest BCUT2D eigenvalue weighted by molar-refractivity contribution is 5.67. The van der Waals surface area contributed by atoms with Crippen molar-refractivity contribution in [3.63, 3.8) is 0 Å². The number of aromatic nitrogens is 2. The van der Waals surface area contributed by atoms with Crippen LogP contribution in [0.5, 0.6) is 11.5 Å². The molecule has 3 heteroatoms. The van der Waals surface area contributed by atoms with Crippen molar-refractivity contribution in [2.45, 2.75) is 0 Å². The van der Waals surface area contributed by atoms with Crippen molar-refractivity contribution in [1.29, 1.82) is 0 Å². The van der Waals surface area contributed by atoms with Gasteiger partial charge in [0.05, 0.1) is 5.69 Å². The third kappa shape index (κ3) is 3.56. The number of rotatable bonds is 4. The summed E-state index contributed by atoms with van der Waals surface area (Å²) in [7, 11) is 0. The predicted molar refractivity (Wildman–Crippen MR) is 99.4 cm³/mol. The number of pyridine rings is 2. The van der Waals surface area contributed by atoms with Crippen LogP contribution in [0.3, 0.4) is 0 Å². The fourth-order valence-corrected chi connectivity index (χ4v) is 2.60. The molecule has 4 aromatic rings. The van der Waals surface area contributed by atoms with Crippen LogP contribution >= 0.6 is 0 Å². The van der Waals surface area contributed by atoms with Crippen LogP contribution in [0.15, 0.2) is 97.5 Å². The van der Waals surface area contributed by atoms with E-state index in [-0.39, 0.29) is 0 Å². The SMILES string of the molecule is c1ccc(Oc2ccc(-c3ccc(-c4ccncc4)nc3)cc2)cc1. The smallest absolute Gasteiger partial charge is 0.127 e. The van der Waals surface area contributed by atoms with E-state index in [2.05, 4.69) is 16.0 Å². The maximum atomic E-state index is 5.82. The molecule has 2 aromatic carbocycles. The van der Waals surface area contributed by atoms with Crippen LogP contribution in [0.1, 0.15) is 0 Å². The van der Waals surface area contributed by atoms with Gasteiger partial charge in [0.1, 0.15) is 11.5 Å². The second kappa shape index (κ2) is 6.97. The zero-order chi connectivity index (χ0) is 16.9. The minimum absolute atomic E-state index is 0.816. The molecule has 3 nitrogen and oxygen atoms in total. The van der Waals surface area contributed by atoms with Crippen LogP contribution in [-0.2, 0) is 0 Å². The Kier molecular flexibility index (Phi) is 4.21. The third-order valence-corrected chi connectivity index (χ3v) is 3.91. The zero-order valence-corrected chi connectivity index (χ0v) is 13.5. The van der Waals surface area contributed by atoms with Crippen LogP contribution in [0.25, 0.3) is 22.4 Å². The molecule has 0 amide bonds. The van der Waals surface area contributed by atoms with Crippen LogP contribution in [0, 0.1) is 0 Å². The molecule has 2 heterocycles. The molecule has 0 fully saturated rings. The molecule has 25 heavy (non-hydrogen) atoms. The lowest BCUT2D eigenvalue weighted by molar-refractivity contribution is 0.483. The predicted octanol–water partition coefficient (Wildman–Crippen LogP) is 5.60. The minimum atomic E-state index is 0.816. The second-order valence-electron chi connectivity index (χ2n) is 5.61. The summed E-state index contributed by atoms with van der Waals surface area (Å²) in [4.78, 5) is 8.59. The van der Waals surface area contributed by atoms with Crippen molar-refractivity contribution >= 4 is 0 Å². The van der Waals surface area contributed by atoms with Crippen LogP contribution in [0.4, 0.5) is 0 Å². The molecule has 0 spiro atoms. The molecule has 0 bridgehead atoms. The highest BCUT2D eigenvalue weighted by atomic mass is 16.5. The van der Waals surface area contributed by atoms with Gasteiger partial charge < -0.3 is 4.74 Å². The zero-order valence-electron chi connectivity index (χ0n) is 13.5. The Labute approximate surface area is 146 Å². The van der Waals surface area contributed by atoms with E-state index in [1.54, 1.807) is 12.4 Å². The first kappa shape index (κ1) is 15.1. The van der Waals surface area contributed by atoms with Crippen molar-refractivity contribution in [2.24, 2.45) is 0 Å². The summed E-state index contributed by atoms with van der Waals surface area (Å²) < 4.78 is 5.82. The van der Waals surface area contributed by atoms with E-state index in [4.69, 9.17) is 4.74 Å². The Morgan fingerprint density at radius 1 is 0.560 bits per heavy atom. The number of hydrogen-bond donors (Lipinski definition) is 0. The lowest BCUT2D eigenvalue weighted by atomic mass is 10.1. The lowest BCUT2D eigenvalue weighted by Gasteiger charge is -2.07. The van der Waals surface area contributed by atoms with Gasteiger partial charge in [0, 0.05) is 29.7 Å². The standard InChI is InChI=1S/C22H16N2O/c1-2-4-20(5-3-1)25-21-9-6-17(7-10-21)19-8-11-22(24-16-19)18-12-14-23-15-13-18/h1-16H. The quantitative estimate of drug-likeness (QED) is 0.490. The first-order valence-electron chi connectivity index (χ1n) is 8.08. The summed E-state index contributed by atoms with van der Waals surface area (Å²) in [5, 5.41) is 0. The van der Waals surface area contributed by atoms with Crippen molar-refractivity contribution < 1.29 is 4.74 Å². The van der Waals surface area contributed by atoms with E-state index in [1.165, 1.54) is 0 Å². The molecule has 0 saturated heterocycles. The highest BCUT2D eigenvalue weighted by Gasteiger charge is 2.03. The summed E-state index contributed by atoms with van der Waals surface area (Å²) in [6.45, 7) is 0. The van der Waals surface area contributed by atoms with E-state index < -0.39 is 0 Å². The van der Waals surface area contributed by atoms with Gasteiger partial charge in [0.25, 0.3) is 0 Å². The van der Waals surface area contributed by atoms with Crippen LogP contribution < -0.4 is 4.74 Å². The summed E-state index contributed by atoms with van der Waals surface area (Å²) >= 11 is 0. The van der Waals surface area contributed by atoms with Crippen LogP contribution in [-0.4, -0.2) is 9.97 Å². The molecule has 0 unspecified atom stereocenters. The van der Waals surface area contributed by atoms with Gasteiger partial charge in [-0.25, -0.2) is 0 Å². The summed E-state index contributed by atoms with van der Waals surface area (Å²) in [6.07, 6.45) is 5.44. The average Bonchev–Trinajstić information content (AvgIpc) is 2.70. The Bertz CT molecular complexity index is 935. The Morgan fingerprint density at radius 3 is 1.92 bits per heavy atom. The number of nitrogens with zero attached hydrogens (tertiary/aromatic N) is 2. The largest absolute Gasteiger partial charge is 0.457 e. The van der Waals surface area contributed by atoms with E-state index in [9.17, 15) is 0 Å². The van der Waals surface area contributed by atoms with Crippen molar-refractivity contribution in [3.05, 3.63) is 97.5 Å². The topological polar surface area (TPSA) is 35.0 Å². The molecular formula is C22H16N2O. The third-order valence-electron chi connectivity index (χ3n) is 3.91. The monoisotopic (exact) mass is 324 g/mol. The number of benzene rings is 2. The van der Waals surface area contributed by atoms with E-state index in [0.29, 0.717) is 0 Å². The Balaban J connectivity index is 1.52. The molecule has 4 rings (SSSR count). The van der Waals surface area contributed by atoms with Gasteiger partial charge in [-0.3, -0.25) is 9.97 Å². The molecule has 0 atom stereocenters. The van der Waals surface area contributed by atoms with Gasteiger partial charge in [-0.2, -0.15) is 0 Å². The van der Waals surface area contributed by atoms with E-state index in [1.807, 2.05) is 79.0 Å². The molecule has 2 aromatic heterocycles. The highest BCUT2D eigenvalue weighted by Crippen LogP contribution is 2.26. The molecule has 0 saturated carbocycles. The van der Waals surface area contributed by atoms with E-state index >= 15 is 0 Å². The maximum Gasteiger partial charge on any atom is 0.127 e. The number of para-hydroxylation sites is 1. The fraction of sp³-hybridized carbons (Fsp3) is 0. The first-order chi connectivity index (χ1) is 12.4. The number of hydrogen-bond acceptors (Lipinski definition) is 3. The maximum absolute atomic E-state index is 5.82. The van der Waals surface area contributed by atoms with Gasteiger partial charge in [-0.15, -0.1) is 0 Å². The normalized spacial score (nSPS) is 10.4. The fourth-order valence-electron chi connectivity index (χ4n) is 2.60. The Morgan fingerprint density at radius 2 is 1.24 bits per heavy atom. The second-order valence-corrected chi connectivity index (χ2v) is 5.61. The van der Waals surface area contributed by atoms with Gasteiger partial charge in [0.15, 0.2) is 0 Å². The average molecular weight is 324 g/mol. The minimum Gasteiger partial charge on any atom is -0.457 e. The van der Waals surface area contributed by atoms with Gasteiger partial charge in [-0.05, 0) is 48.0 Å². The molecule has 120 valence electrons.